The molecule has 0 radical (unpaired) electrons. The van der Waals surface area contributed by atoms with E-state index in [1.54, 1.807) is 0 Å². The van der Waals surface area contributed by atoms with Crippen LogP contribution < -0.4 is 0 Å². The lowest BCUT2D eigenvalue weighted by Crippen LogP contribution is -2.12. The molecule has 0 saturated carbocycles. The van der Waals surface area contributed by atoms with Crippen molar-refractivity contribution in [3.63, 3.8) is 0 Å². The number of aliphatic hydroxyl groups excluding tert-OH is 1. The molecule has 0 unspecified atom stereocenters. The third kappa shape index (κ3) is 2.99. The highest BCUT2D eigenvalue weighted by Crippen LogP contribution is 2.08. The fourth-order valence-corrected chi connectivity index (χ4v) is 0.751. The minimum Gasteiger partial charge on any atom is -0.393 e. The van der Waals surface area contributed by atoms with Crippen LogP contribution in [0, 0.1) is 0 Å². The second-order valence-electron chi connectivity index (χ2n) is 1.95. The third-order valence-corrected chi connectivity index (χ3v) is 1.17. The molecule has 0 fully saturated rings. The fourth-order valence-electron chi connectivity index (χ4n) is 0.751. The first kappa shape index (κ1) is 9.66. The molecule has 0 aliphatic carbocycles. The molecule has 10 heavy (non-hydrogen) atoms. The van der Waals surface area contributed by atoms with Crippen LogP contribution in [0.4, 0.5) is 0 Å². The van der Waals surface area contributed by atoms with E-state index in [-0.39, 0.29) is 18.8 Å². The number of rotatable bonds is 1. The Morgan fingerprint density at radius 2 is 2.00 bits per heavy atom. The number of hydrogen-bond donors (Lipinski definition) is 1. The van der Waals surface area contributed by atoms with Crippen molar-refractivity contribution < 1.29 is 9.84 Å². The SMILES string of the molecule is CC.C[C@H]1C=C[C@@H](CO)O1. The van der Waals surface area contributed by atoms with Gasteiger partial charge in [-0.05, 0) is 6.92 Å². The summed E-state index contributed by atoms with van der Waals surface area (Å²) in [6, 6.07) is 0. The van der Waals surface area contributed by atoms with E-state index in [9.17, 15) is 0 Å². The summed E-state index contributed by atoms with van der Waals surface area (Å²) < 4.78 is 5.15. The van der Waals surface area contributed by atoms with Gasteiger partial charge in [0.25, 0.3) is 0 Å². The highest BCUT2D eigenvalue weighted by atomic mass is 16.5. The molecule has 0 aromatic heterocycles. The molecule has 2 heteroatoms. The molecule has 2 nitrogen and oxygen atoms in total. The van der Waals surface area contributed by atoms with E-state index in [2.05, 4.69) is 0 Å². The Balaban J connectivity index is 0.000000371. The van der Waals surface area contributed by atoms with Crippen LogP contribution in [-0.2, 0) is 4.74 Å². The maximum atomic E-state index is 8.51. The van der Waals surface area contributed by atoms with Gasteiger partial charge in [0, 0.05) is 0 Å². The molecule has 2 atom stereocenters. The first-order chi connectivity index (χ1) is 4.83. The molecular formula is C8H16O2. The van der Waals surface area contributed by atoms with Crippen molar-refractivity contribution in [2.45, 2.75) is 33.0 Å². The molecule has 1 rings (SSSR count). The van der Waals surface area contributed by atoms with E-state index in [1.165, 1.54) is 0 Å². The molecule has 0 saturated heterocycles. The van der Waals surface area contributed by atoms with Crippen LogP contribution in [-0.4, -0.2) is 23.9 Å². The van der Waals surface area contributed by atoms with E-state index >= 15 is 0 Å². The first-order valence-corrected chi connectivity index (χ1v) is 3.77. The van der Waals surface area contributed by atoms with Gasteiger partial charge in [0.1, 0.15) is 0 Å². The van der Waals surface area contributed by atoms with E-state index in [1.807, 2.05) is 32.9 Å². The van der Waals surface area contributed by atoms with Gasteiger partial charge < -0.3 is 9.84 Å². The Morgan fingerprint density at radius 3 is 2.20 bits per heavy atom. The second kappa shape index (κ2) is 5.45. The van der Waals surface area contributed by atoms with Gasteiger partial charge >= 0.3 is 0 Å². The lowest BCUT2D eigenvalue weighted by atomic mass is 10.3. The van der Waals surface area contributed by atoms with Gasteiger partial charge in [-0.25, -0.2) is 0 Å². The predicted octanol–water partition coefficient (Wildman–Crippen LogP) is 1.35. The van der Waals surface area contributed by atoms with Crippen LogP contribution in [0.1, 0.15) is 20.8 Å². The van der Waals surface area contributed by atoms with E-state index in [0.717, 1.165) is 0 Å². The van der Waals surface area contributed by atoms with Gasteiger partial charge in [-0.3, -0.25) is 0 Å². The Bertz CT molecular complexity index is 99.4. The summed E-state index contributed by atoms with van der Waals surface area (Å²) in [6.07, 6.45) is 3.96. The summed E-state index contributed by atoms with van der Waals surface area (Å²) in [5.74, 6) is 0. The van der Waals surface area contributed by atoms with Gasteiger partial charge in [0.05, 0.1) is 18.8 Å². The first-order valence-electron chi connectivity index (χ1n) is 3.77. The van der Waals surface area contributed by atoms with Crippen LogP contribution in [0.3, 0.4) is 0 Å². The van der Waals surface area contributed by atoms with Crippen LogP contribution in [0.25, 0.3) is 0 Å². The molecular weight excluding hydrogens is 128 g/mol. The fraction of sp³-hybridized carbons (Fsp3) is 0.750. The zero-order valence-electron chi connectivity index (χ0n) is 6.87. The van der Waals surface area contributed by atoms with E-state index < -0.39 is 0 Å². The topological polar surface area (TPSA) is 29.5 Å². The predicted molar refractivity (Wildman–Crippen MR) is 41.9 cm³/mol. The monoisotopic (exact) mass is 144 g/mol. The van der Waals surface area contributed by atoms with Gasteiger partial charge in [-0.1, -0.05) is 26.0 Å². The van der Waals surface area contributed by atoms with Crippen molar-refractivity contribution in [2.24, 2.45) is 0 Å². The molecule has 1 aliphatic rings. The Kier molecular flexibility index (Phi) is 5.26. The van der Waals surface area contributed by atoms with Crippen molar-refractivity contribution in [2.75, 3.05) is 6.61 Å². The summed E-state index contributed by atoms with van der Waals surface area (Å²) in [5.41, 5.74) is 0. The molecule has 1 heterocycles. The Hall–Kier alpha value is -0.340. The van der Waals surface area contributed by atoms with Crippen molar-refractivity contribution in [3.8, 4) is 0 Å². The van der Waals surface area contributed by atoms with Gasteiger partial charge in [0.15, 0.2) is 0 Å². The molecule has 0 bridgehead atoms. The molecule has 0 spiro atoms. The standard InChI is InChI=1S/C6H10O2.C2H6/c1-5-2-3-6(4-7)8-5;1-2/h2-3,5-7H,4H2,1H3;1-2H3/t5-,6-;/m0./s1. The maximum Gasteiger partial charge on any atom is 0.0995 e. The number of aliphatic hydroxyl groups is 1. The summed E-state index contributed by atoms with van der Waals surface area (Å²) in [6.45, 7) is 6.05. The molecule has 0 amide bonds. The van der Waals surface area contributed by atoms with Gasteiger partial charge in [0.2, 0.25) is 0 Å². The third-order valence-electron chi connectivity index (χ3n) is 1.17. The zero-order valence-corrected chi connectivity index (χ0v) is 6.87. The average molecular weight is 144 g/mol. The van der Waals surface area contributed by atoms with Crippen molar-refractivity contribution >= 4 is 0 Å². The van der Waals surface area contributed by atoms with Crippen LogP contribution in [0.2, 0.25) is 0 Å². The smallest absolute Gasteiger partial charge is 0.0995 e. The summed E-state index contributed by atoms with van der Waals surface area (Å²) >= 11 is 0. The van der Waals surface area contributed by atoms with Crippen LogP contribution in [0.15, 0.2) is 12.2 Å². The van der Waals surface area contributed by atoms with Crippen molar-refractivity contribution in [3.05, 3.63) is 12.2 Å². The van der Waals surface area contributed by atoms with Crippen molar-refractivity contribution in [1.29, 1.82) is 0 Å². The summed E-state index contributed by atoms with van der Waals surface area (Å²) in [4.78, 5) is 0. The van der Waals surface area contributed by atoms with Gasteiger partial charge in [-0.15, -0.1) is 0 Å². The zero-order chi connectivity index (χ0) is 7.98. The van der Waals surface area contributed by atoms with Crippen LogP contribution in [0.5, 0.6) is 0 Å². The van der Waals surface area contributed by atoms with Gasteiger partial charge in [-0.2, -0.15) is 0 Å². The average Bonchev–Trinajstić information content (AvgIpc) is 2.40. The summed E-state index contributed by atoms with van der Waals surface area (Å²) in [5, 5.41) is 8.51. The minimum absolute atomic E-state index is 0.0509. The second-order valence-corrected chi connectivity index (χ2v) is 1.95. The molecule has 0 aromatic carbocycles. The summed E-state index contributed by atoms with van der Waals surface area (Å²) in [7, 11) is 0. The highest BCUT2D eigenvalue weighted by molar-refractivity contribution is 4.99. The number of ether oxygens (including phenoxy) is 1. The molecule has 1 N–H and O–H groups in total. The minimum atomic E-state index is -0.0509. The van der Waals surface area contributed by atoms with Crippen molar-refractivity contribution in [1.82, 2.24) is 0 Å². The highest BCUT2D eigenvalue weighted by Gasteiger charge is 2.12. The van der Waals surface area contributed by atoms with Crippen LogP contribution >= 0.6 is 0 Å². The lowest BCUT2D eigenvalue weighted by molar-refractivity contribution is 0.0340. The number of hydrogen-bond acceptors (Lipinski definition) is 2. The van der Waals surface area contributed by atoms with E-state index in [0.29, 0.717) is 0 Å². The molecule has 1 aliphatic heterocycles. The largest absolute Gasteiger partial charge is 0.393 e. The molecule has 60 valence electrons. The maximum absolute atomic E-state index is 8.51. The molecule has 0 aromatic rings. The normalized spacial score (nSPS) is 29.6. The quantitative estimate of drug-likeness (QED) is 0.563. The Labute approximate surface area is 62.5 Å². The Morgan fingerprint density at radius 1 is 1.40 bits per heavy atom. The lowest BCUT2D eigenvalue weighted by Gasteiger charge is -2.05. The van der Waals surface area contributed by atoms with E-state index in [4.69, 9.17) is 9.84 Å².